The quantitative estimate of drug-likeness (QED) is 0.728. The molecular formula is C11H16N2O3. The molecule has 5 heteroatoms. The van der Waals surface area contributed by atoms with Gasteiger partial charge >= 0.3 is 0 Å². The number of nitrogens with one attached hydrogen (secondary N) is 1. The van der Waals surface area contributed by atoms with Crippen LogP contribution in [0.3, 0.4) is 0 Å². The second kappa shape index (κ2) is 5.05. The van der Waals surface area contributed by atoms with E-state index in [2.05, 4.69) is 5.32 Å². The summed E-state index contributed by atoms with van der Waals surface area (Å²) < 4.78 is 16.1. The molecule has 0 spiro atoms. The minimum atomic E-state index is 0.275. The van der Waals surface area contributed by atoms with Crippen LogP contribution in [0.1, 0.15) is 5.56 Å². The summed E-state index contributed by atoms with van der Waals surface area (Å²) in [5.74, 6) is 1.53. The van der Waals surface area contributed by atoms with Crippen LogP contribution in [0.2, 0.25) is 0 Å². The zero-order valence-corrected chi connectivity index (χ0v) is 9.29. The van der Waals surface area contributed by atoms with E-state index in [0.29, 0.717) is 19.8 Å². The van der Waals surface area contributed by atoms with Crippen molar-refractivity contribution < 1.29 is 14.2 Å². The lowest BCUT2D eigenvalue weighted by molar-refractivity contribution is 0.128. The van der Waals surface area contributed by atoms with Crippen LogP contribution < -0.4 is 20.5 Å². The second-order valence-corrected chi connectivity index (χ2v) is 3.47. The number of ether oxygens (including phenoxy) is 3. The first kappa shape index (κ1) is 11.0. The van der Waals surface area contributed by atoms with E-state index in [1.54, 1.807) is 0 Å². The van der Waals surface area contributed by atoms with Crippen LogP contribution in [-0.4, -0.2) is 27.0 Å². The van der Waals surface area contributed by atoms with Crippen LogP contribution >= 0.6 is 0 Å². The van der Waals surface area contributed by atoms with Crippen molar-refractivity contribution in [3.8, 4) is 11.5 Å². The van der Waals surface area contributed by atoms with Gasteiger partial charge < -0.3 is 25.3 Å². The van der Waals surface area contributed by atoms with E-state index < -0.39 is 0 Å². The summed E-state index contributed by atoms with van der Waals surface area (Å²) in [6, 6.07) is 3.92. The summed E-state index contributed by atoms with van der Waals surface area (Å²) in [5, 5.41) is 3.07. The Labute approximate surface area is 94.5 Å². The van der Waals surface area contributed by atoms with Crippen LogP contribution in [-0.2, 0) is 11.3 Å². The van der Waals surface area contributed by atoms with Crippen LogP contribution in [0, 0.1) is 0 Å². The molecule has 0 unspecified atom stereocenters. The summed E-state index contributed by atoms with van der Waals surface area (Å²) in [5.41, 5.74) is 7.32. The molecule has 88 valence electrons. The van der Waals surface area contributed by atoms with Gasteiger partial charge in [0.25, 0.3) is 0 Å². The van der Waals surface area contributed by atoms with Crippen molar-refractivity contribution >= 4 is 5.69 Å². The molecule has 0 saturated carbocycles. The Bertz CT molecular complexity index is 368. The maximum Gasteiger partial charge on any atom is 0.231 e. The lowest BCUT2D eigenvalue weighted by atomic mass is 10.2. The van der Waals surface area contributed by atoms with Crippen LogP contribution in [0.15, 0.2) is 12.1 Å². The molecule has 1 aromatic rings. The van der Waals surface area contributed by atoms with Crippen LogP contribution in [0.4, 0.5) is 5.69 Å². The molecule has 0 radical (unpaired) electrons. The maximum atomic E-state index is 5.38. The number of nitrogens with two attached hydrogens (primary N) is 1. The molecule has 2 rings (SSSR count). The monoisotopic (exact) mass is 224 g/mol. The first-order valence-corrected chi connectivity index (χ1v) is 5.23. The van der Waals surface area contributed by atoms with E-state index in [9.17, 15) is 0 Å². The predicted octanol–water partition coefficient (Wildman–Crippen LogP) is 0.932. The molecule has 0 amide bonds. The number of anilines is 1. The zero-order valence-electron chi connectivity index (χ0n) is 9.29. The van der Waals surface area contributed by atoms with Gasteiger partial charge in [0.1, 0.15) is 0 Å². The van der Waals surface area contributed by atoms with Crippen molar-refractivity contribution in [1.29, 1.82) is 0 Å². The average Bonchev–Trinajstić information content (AvgIpc) is 2.76. The lowest BCUT2D eigenvalue weighted by Crippen LogP contribution is -2.08. The minimum Gasteiger partial charge on any atom is -0.453 e. The molecule has 0 aromatic heterocycles. The Morgan fingerprint density at radius 2 is 2.31 bits per heavy atom. The van der Waals surface area contributed by atoms with E-state index >= 15 is 0 Å². The van der Waals surface area contributed by atoms with Gasteiger partial charge in [-0.1, -0.05) is 0 Å². The van der Waals surface area contributed by atoms with Gasteiger partial charge in [-0.25, -0.2) is 0 Å². The highest BCUT2D eigenvalue weighted by atomic mass is 16.7. The number of fused-ring (bicyclic) bond motifs is 1. The average molecular weight is 224 g/mol. The second-order valence-electron chi connectivity index (χ2n) is 3.47. The van der Waals surface area contributed by atoms with E-state index in [1.165, 1.54) is 0 Å². The molecule has 0 atom stereocenters. The lowest BCUT2D eigenvalue weighted by Gasteiger charge is -2.09. The molecule has 5 nitrogen and oxygen atoms in total. The third-order valence-corrected chi connectivity index (χ3v) is 2.33. The van der Waals surface area contributed by atoms with Crippen molar-refractivity contribution in [3.63, 3.8) is 0 Å². The Morgan fingerprint density at radius 3 is 3.06 bits per heavy atom. The topological polar surface area (TPSA) is 65.7 Å². The van der Waals surface area contributed by atoms with Gasteiger partial charge in [0.05, 0.1) is 18.9 Å². The van der Waals surface area contributed by atoms with Crippen molar-refractivity contribution in [3.05, 3.63) is 17.7 Å². The Hall–Kier alpha value is -1.46. The van der Waals surface area contributed by atoms with Gasteiger partial charge in [-0.2, -0.15) is 0 Å². The summed E-state index contributed by atoms with van der Waals surface area (Å²) in [6.07, 6.45) is 0. The first-order chi connectivity index (χ1) is 7.85. The fourth-order valence-electron chi connectivity index (χ4n) is 1.61. The molecule has 1 aliphatic rings. The van der Waals surface area contributed by atoms with Gasteiger partial charge in [0.15, 0.2) is 11.5 Å². The van der Waals surface area contributed by atoms with Gasteiger partial charge in [0, 0.05) is 13.6 Å². The number of hydrogen-bond donors (Lipinski definition) is 2. The highest BCUT2D eigenvalue weighted by Crippen LogP contribution is 2.40. The first-order valence-electron chi connectivity index (χ1n) is 5.23. The van der Waals surface area contributed by atoms with E-state index in [0.717, 1.165) is 22.7 Å². The molecule has 0 fully saturated rings. The van der Waals surface area contributed by atoms with Crippen molar-refractivity contribution in [1.82, 2.24) is 0 Å². The third kappa shape index (κ3) is 2.20. The minimum absolute atomic E-state index is 0.275. The third-order valence-electron chi connectivity index (χ3n) is 2.33. The molecule has 0 saturated heterocycles. The zero-order chi connectivity index (χ0) is 11.4. The number of rotatable bonds is 5. The van der Waals surface area contributed by atoms with Gasteiger partial charge in [-0.05, 0) is 17.7 Å². The summed E-state index contributed by atoms with van der Waals surface area (Å²) >= 11 is 0. The molecule has 1 aliphatic heterocycles. The Balaban J connectivity index is 2.14. The smallest absolute Gasteiger partial charge is 0.231 e. The highest BCUT2D eigenvalue weighted by Gasteiger charge is 2.18. The molecule has 3 N–H and O–H groups in total. The standard InChI is InChI=1S/C11H16N2O3/c1-13-9-4-8(6-14-3-2-12)5-10-11(9)16-7-15-10/h4-5,13H,2-3,6-7,12H2,1H3. The molecule has 1 heterocycles. The van der Waals surface area contributed by atoms with Crippen molar-refractivity contribution in [2.45, 2.75) is 6.61 Å². The largest absolute Gasteiger partial charge is 0.453 e. The number of hydrogen-bond acceptors (Lipinski definition) is 5. The van der Waals surface area contributed by atoms with Crippen LogP contribution in [0.25, 0.3) is 0 Å². The van der Waals surface area contributed by atoms with Gasteiger partial charge in [-0.3, -0.25) is 0 Å². The van der Waals surface area contributed by atoms with Crippen molar-refractivity contribution in [2.24, 2.45) is 5.73 Å². The molecule has 0 bridgehead atoms. The van der Waals surface area contributed by atoms with Gasteiger partial charge in [-0.15, -0.1) is 0 Å². The fourth-order valence-corrected chi connectivity index (χ4v) is 1.61. The van der Waals surface area contributed by atoms with E-state index in [1.807, 2.05) is 19.2 Å². The molecule has 1 aromatic carbocycles. The van der Waals surface area contributed by atoms with E-state index in [4.69, 9.17) is 19.9 Å². The molecule has 0 aliphatic carbocycles. The Morgan fingerprint density at radius 1 is 1.44 bits per heavy atom. The summed E-state index contributed by atoms with van der Waals surface area (Å²) in [6.45, 7) is 1.90. The summed E-state index contributed by atoms with van der Waals surface area (Å²) in [4.78, 5) is 0. The van der Waals surface area contributed by atoms with Crippen LogP contribution in [0.5, 0.6) is 11.5 Å². The number of benzene rings is 1. The SMILES string of the molecule is CNc1cc(COCCN)cc2c1OCO2. The fraction of sp³-hybridized carbons (Fsp3) is 0.455. The maximum absolute atomic E-state index is 5.38. The molecule has 16 heavy (non-hydrogen) atoms. The normalized spacial score (nSPS) is 12.9. The predicted molar refractivity (Wildman–Crippen MR) is 60.8 cm³/mol. The molecular weight excluding hydrogens is 208 g/mol. The highest BCUT2D eigenvalue weighted by molar-refractivity contribution is 5.65. The van der Waals surface area contributed by atoms with Crippen molar-refractivity contribution in [2.75, 3.05) is 32.3 Å². The summed E-state index contributed by atoms with van der Waals surface area (Å²) in [7, 11) is 1.85. The van der Waals surface area contributed by atoms with Gasteiger partial charge in [0.2, 0.25) is 6.79 Å². The van der Waals surface area contributed by atoms with E-state index in [-0.39, 0.29) is 6.79 Å². The Kier molecular flexibility index (Phi) is 3.48.